The van der Waals surface area contributed by atoms with Crippen LogP contribution in [0.2, 0.25) is 0 Å². The highest BCUT2D eigenvalue weighted by Gasteiger charge is 2.40. The minimum Gasteiger partial charge on any atom is -0.438 e. The van der Waals surface area contributed by atoms with Gasteiger partial charge in [-0.25, -0.2) is 28.1 Å². The van der Waals surface area contributed by atoms with Gasteiger partial charge in [-0.05, 0) is 12.1 Å². The summed E-state index contributed by atoms with van der Waals surface area (Å²) in [5.41, 5.74) is 1.09. The molecule has 8 nitrogen and oxygen atoms in total. The minimum absolute atomic E-state index is 0.0881. The van der Waals surface area contributed by atoms with E-state index >= 15 is 0 Å². The van der Waals surface area contributed by atoms with Crippen LogP contribution in [0, 0.1) is 5.82 Å². The van der Waals surface area contributed by atoms with Crippen LogP contribution in [0.5, 0.6) is 0 Å². The average molecular weight is 403 g/mol. The lowest BCUT2D eigenvalue weighted by Gasteiger charge is -2.32. The summed E-state index contributed by atoms with van der Waals surface area (Å²) >= 11 is 0. The summed E-state index contributed by atoms with van der Waals surface area (Å²) in [7, 11) is 0. The van der Waals surface area contributed by atoms with Gasteiger partial charge in [0.1, 0.15) is 11.3 Å². The van der Waals surface area contributed by atoms with Crippen LogP contribution in [0.3, 0.4) is 0 Å². The average Bonchev–Trinajstić information content (AvgIpc) is 3.43. The van der Waals surface area contributed by atoms with E-state index in [2.05, 4.69) is 19.9 Å². The van der Waals surface area contributed by atoms with Gasteiger partial charge < -0.3 is 18.7 Å². The van der Waals surface area contributed by atoms with Crippen LogP contribution in [-0.2, 0) is 6.42 Å². The van der Waals surface area contributed by atoms with Crippen LogP contribution in [0.1, 0.15) is 46.0 Å². The molecule has 1 atom stereocenters. The zero-order chi connectivity index (χ0) is 20.1. The second kappa shape index (κ2) is 6.47. The van der Waals surface area contributed by atoms with Crippen LogP contribution < -0.4 is 0 Å². The van der Waals surface area contributed by atoms with E-state index in [9.17, 15) is 18.0 Å². The SMILES string of the molecule is O=C(c1ocnc1C(F)F)N1CCc2[nH]cnc2[C@H]1c1nc2ccc(F)cc2o1. The number of amides is 1. The number of alkyl halides is 2. The van der Waals surface area contributed by atoms with Crippen molar-refractivity contribution in [3.63, 3.8) is 0 Å². The van der Waals surface area contributed by atoms with Gasteiger partial charge >= 0.3 is 0 Å². The van der Waals surface area contributed by atoms with Crippen LogP contribution in [0.25, 0.3) is 11.1 Å². The molecule has 0 aliphatic carbocycles. The van der Waals surface area contributed by atoms with Gasteiger partial charge in [-0.3, -0.25) is 4.79 Å². The third kappa shape index (κ3) is 2.77. The van der Waals surface area contributed by atoms with Crippen LogP contribution >= 0.6 is 0 Å². The molecular weight excluding hydrogens is 391 g/mol. The lowest BCUT2D eigenvalue weighted by molar-refractivity contribution is 0.0620. The first kappa shape index (κ1) is 17.5. The van der Waals surface area contributed by atoms with Gasteiger partial charge in [0.15, 0.2) is 23.7 Å². The number of rotatable bonds is 3. The number of halogens is 3. The van der Waals surface area contributed by atoms with E-state index in [-0.39, 0.29) is 18.0 Å². The largest absolute Gasteiger partial charge is 0.438 e. The summed E-state index contributed by atoms with van der Waals surface area (Å²) in [6, 6.07) is 2.96. The lowest BCUT2D eigenvalue weighted by atomic mass is 10.0. The number of aromatic nitrogens is 4. The molecule has 0 saturated heterocycles. The molecule has 5 rings (SSSR count). The molecule has 11 heteroatoms. The quantitative estimate of drug-likeness (QED) is 0.563. The number of imidazole rings is 1. The van der Waals surface area contributed by atoms with E-state index in [0.717, 1.165) is 12.1 Å². The van der Waals surface area contributed by atoms with Gasteiger partial charge in [0, 0.05) is 24.7 Å². The Bertz CT molecular complexity index is 1210. The molecule has 1 amide bonds. The molecule has 1 N–H and O–H groups in total. The van der Waals surface area contributed by atoms with Crippen molar-refractivity contribution in [1.29, 1.82) is 0 Å². The third-order valence-electron chi connectivity index (χ3n) is 4.78. The number of hydrogen-bond acceptors (Lipinski definition) is 6. The number of H-pyrrole nitrogens is 1. The Hall–Kier alpha value is -3.63. The fourth-order valence-corrected chi connectivity index (χ4v) is 3.48. The number of nitrogens with zero attached hydrogens (tertiary/aromatic N) is 4. The third-order valence-corrected chi connectivity index (χ3v) is 4.78. The van der Waals surface area contributed by atoms with Gasteiger partial charge in [-0.2, -0.15) is 0 Å². The van der Waals surface area contributed by atoms with Gasteiger partial charge in [-0.1, -0.05) is 0 Å². The standard InChI is InChI=1S/C18H12F3N5O3/c19-8-1-2-9-11(5-8)29-17(25-9)14-12-10(22-6-23-12)3-4-26(14)18(27)15-13(16(20)21)24-7-28-15/h1-2,5-7,14,16H,3-4H2,(H,22,23)/t14-/m0/s1. The topological polar surface area (TPSA) is 101 Å². The Morgan fingerprint density at radius 3 is 3.00 bits per heavy atom. The first-order valence-electron chi connectivity index (χ1n) is 8.63. The molecule has 4 heterocycles. The summed E-state index contributed by atoms with van der Waals surface area (Å²) < 4.78 is 50.6. The summed E-state index contributed by atoms with van der Waals surface area (Å²) in [5, 5.41) is 0. The molecule has 1 aliphatic heterocycles. The second-order valence-electron chi connectivity index (χ2n) is 6.45. The Morgan fingerprint density at radius 1 is 1.31 bits per heavy atom. The maximum atomic E-state index is 13.5. The minimum atomic E-state index is -2.97. The van der Waals surface area contributed by atoms with E-state index in [1.807, 2.05) is 0 Å². The van der Waals surface area contributed by atoms with E-state index < -0.39 is 35.6 Å². The van der Waals surface area contributed by atoms with Crippen molar-refractivity contribution in [3.05, 3.63) is 65.5 Å². The van der Waals surface area contributed by atoms with Crippen LogP contribution in [-0.4, -0.2) is 37.3 Å². The highest BCUT2D eigenvalue weighted by molar-refractivity contribution is 5.93. The molecule has 0 bridgehead atoms. The van der Waals surface area contributed by atoms with E-state index in [1.165, 1.54) is 29.4 Å². The highest BCUT2D eigenvalue weighted by atomic mass is 19.3. The van der Waals surface area contributed by atoms with Crippen LogP contribution in [0.15, 0.2) is 39.8 Å². The molecule has 0 unspecified atom stereocenters. The van der Waals surface area contributed by atoms with Crippen molar-refractivity contribution in [1.82, 2.24) is 24.8 Å². The zero-order valence-electron chi connectivity index (χ0n) is 14.6. The molecule has 0 radical (unpaired) electrons. The normalized spacial score (nSPS) is 16.6. The summed E-state index contributed by atoms with van der Waals surface area (Å²) in [5.74, 6) is -1.75. The fourth-order valence-electron chi connectivity index (χ4n) is 3.48. The van der Waals surface area contributed by atoms with Crippen molar-refractivity contribution < 1.29 is 26.8 Å². The van der Waals surface area contributed by atoms with Gasteiger partial charge in [0.25, 0.3) is 12.3 Å². The summed E-state index contributed by atoms with van der Waals surface area (Å²) in [6.07, 6.45) is -0.280. The van der Waals surface area contributed by atoms with Gasteiger partial charge in [0.2, 0.25) is 11.7 Å². The molecule has 4 aromatic rings. The molecular formula is C18H12F3N5O3. The fraction of sp³-hybridized carbons (Fsp3) is 0.222. The number of carbonyl (C=O) groups is 1. The van der Waals surface area contributed by atoms with Crippen molar-refractivity contribution in [2.75, 3.05) is 6.54 Å². The number of hydrogen-bond donors (Lipinski definition) is 1. The first-order chi connectivity index (χ1) is 14.0. The monoisotopic (exact) mass is 403 g/mol. The molecule has 0 spiro atoms. The Labute approximate surface area is 160 Å². The summed E-state index contributed by atoms with van der Waals surface area (Å²) in [4.78, 5) is 29.4. The number of nitrogens with one attached hydrogen (secondary N) is 1. The Morgan fingerprint density at radius 2 is 2.17 bits per heavy atom. The van der Waals surface area contributed by atoms with E-state index in [0.29, 0.717) is 17.6 Å². The van der Waals surface area contributed by atoms with Crippen LogP contribution in [0.4, 0.5) is 13.2 Å². The molecule has 0 fully saturated rings. The van der Waals surface area contributed by atoms with E-state index in [1.54, 1.807) is 0 Å². The highest BCUT2D eigenvalue weighted by Crippen LogP contribution is 2.36. The predicted molar refractivity (Wildman–Crippen MR) is 90.6 cm³/mol. The maximum Gasteiger partial charge on any atom is 0.292 e. The lowest BCUT2D eigenvalue weighted by Crippen LogP contribution is -2.41. The number of fused-ring (bicyclic) bond motifs is 2. The van der Waals surface area contributed by atoms with E-state index in [4.69, 9.17) is 8.83 Å². The number of benzene rings is 1. The van der Waals surface area contributed by atoms with Crippen molar-refractivity contribution >= 4 is 17.0 Å². The number of oxazole rings is 2. The summed E-state index contributed by atoms with van der Waals surface area (Å²) in [6.45, 7) is 0.176. The molecule has 148 valence electrons. The van der Waals surface area contributed by atoms with Gasteiger partial charge in [-0.15, -0.1) is 0 Å². The first-order valence-corrected chi connectivity index (χ1v) is 8.63. The molecule has 3 aromatic heterocycles. The predicted octanol–water partition coefficient (Wildman–Crippen LogP) is 3.40. The molecule has 1 aliphatic rings. The van der Waals surface area contributed by atoms with Crippen molar-refractivity contribution in [3.8, 4) is 0 Å². The molecule has 29 heavy (non-hydrogen) atoms. The van der Waals surface area contributed by atoms with Crippen molar-refractivity contribution in [2.24, 2.45) is 0 Å². The van der Waals surface area contributed by atoms with Gasteiger partial charge in [0.05, 0.1) is 12.0 Å². The molecule has 1 aromatic carbocycles. The second-order valence-corrected chi connectivity index (χ2v) is 6.45. The maximum absolute atomic E-state index is 13.5. The number of aromatic amines is 1. The Kier molecular flexibility index (Phi) is 3.89. The number of carbonyl (C=O) groups excluding carboxylic acids is 1. The van der Waals surface area contributed by atoms with Crippen molar-refractivity contribution in [2.45, 2.75) is 18.9 Å². The molecule has 0 saturated carbocycles. The smallest absolute Gasteiger partial charge is 0.292 e. The Balaban J connectivity index is 1.62. The zero-order valence-corrected chi connectivity index (χ0v) is 14.6.